The van der Waals surface area contributed by atoms with Crippen LogP contribution in [-0.4, -0.2) is 60.3 Å². The van der Waals surface area contributed by atoms with E-state index in [0.29, 0.717) is 12.1 Å². The summed E-state index contributed by atoms with van der Waals surface area (Å²) in [4.78, 5) is 4.71. The molecule has 2 unspecified atom stereocenters. The van der Waals surface area contributed by atoms with Gasteiger partial charge in [0.05, 0.1) is 6.61 Å². The lowest BCUT2D eigenvalue weighted by molar-refractivity contribution is 0.0425. The third-order valence-corrected chi connectivity index (χ3v) is 2.71. The van der Waals surface area contributed by atoms with Gasteiger partial charge in [0.15, 0.2) is 0 Å². The van der Waals surface area contributed by atoms with Crippen molar-refractivity contribution in [2.75, 3.05) is 33.3 Å². The van der Waals surface area contributed by atoms with Gasteiger partial charge in [-0.15, -0.1) is 0 Å². The molecule has 12 heavy (non-hydrogen) atoms. The lowest BCUT2D eigenvalue weighted by Gasteiger charge is -2.41. The molecule has 0 spiro atoms. The molecule has 1 rings (SSSR count). The van der Waals surface area contributed by atoms with Crippen LogP contribution in [0.2, 0.25) is 0 Å². The summed E-state index contributed by atoms with van der Waals surface area (Å²) in [6.45, 7) is 7.90. The van der Waals surface area contributed by atoms with Crippen LogP contribution in [0.5, 0.6) is 0 Å². The first-order valence-electron chi connectivity index (χ1n) is 4.70. The fourth-order valence-electron chi connectivity index (χ4n) is 1.91. The van der Waals surface area contributed by atoms with Gasteiger partial charge < -0.3 is 10.0 Å². The van der Waals surface area contributed by atoms with E-state index in [1.54, 1.807) is 0 Å². The van der Waals surface area contributed by atoms with Crippen LogP contribution in [0.3, 0.4) is 0 Å². The van der Waals surface area contributed by atoms with Gasteiger partial charge in [-0.3, -0.25) is 4.90 Å². The molecule has 0 aromatic carbocycles. The zero-order chi connectivity index (χ0) is 9.14. The van der Waals surface area contributed by atoms with Crippen molar-refractivity contribution in [3.8, 4) is 0 Å². The lowest BCUT2D eigenvalue weighted by Crippen LogP contribution is -2.54. The van der Waals surface area contributed by atoms with Crippen molar-refractivity contribution in [2.45, 2.75) is 25.9 Å². The van der Waals surface area contributed by atoms with Crippen molar-refractivity contribution in [1.82, 2.24) is 9.80 Å². The first-order chi connectivity index (χ1) is 5.65. The Hall–Kier alpha value is -0.120. The first kappa shape index (κ1) is 9.96. The van der Waals surface area contributed by atoms with E-state index in [1.807, 2.05) is 0 Å². The highest BCUT2D eigenvalue weighted by Gasteiger charge is 2.24. The molecule has 1 saturated heterocycles. The quantitative estimate of drug-likeness (QED) is 0.635. The van der Waals surface area contributed by atoms with E-state index in [0.717, 1.165) is 19.6 Å². The molecule has 1 aliphatic heterocycles. The smallest absolute Gasteiger partial charge is 0.0584 e. The molecule has 1 fully saturated rings. The molecule has 3 heteroatoms. The van der Waals surface area contributed by atoms with Crippen LogP contribution in [0.1, 0.15) is 13.8 Å². The Morgan fingerprint density at radius 1 is 1.50 bits per heavy atom. The maximum atomic E-state index is 9.02. The zero-order valence-electron chi connectivity index (χ0n) is 8.32. The van der Waals surface area contributed by atoms with E-state index in [2.05, 4.69) is 30.7 Å². The fourth-order valence-corrected chi connectivity index (χ4v) is 1.91. The summed E-state index contributed by atoms with van der Waals surface area (Å²) in [5.74, 6) is 0. The minimum atomic E-state index is 0.272. The van der Waals surface area contributed by atoms with Gasteiger partial charge in [0, 0.05) is 31.7 Å². The second-order valence-electron chi connectivity index (χ2n) is 3.88. The largest absolute Gasteiger partial charge is 0.395 e. The first-order valence-corrected chi connectivity index (χ1v) is 4.70. The Kier molecular flexibility index (Phi) is 3.50. The Morgan fingerprint density at radius 3 is 2.67 bits per heavy atom. The number of nitrogens with zero attached hydrogens (tertiary/aromatic N) is 2. The average Bonchev–Trinajstić information content (AvgIpc) is 2.03. The van der Waals surface area contributed by atoms with Crippen LogP contribution in [0, 0.1) is 0 Å². The summed E-state index contributed by atoms with van der Waals surface area (Å²) in [7, 11) is 2.15. The molecular weight excluding hydrogens is 152 g/mol. The molecule has 1 aliphatic rings. The molecule has 3 nitrogen and oxygen atoms in total. The summed E-state index contributed by atoms with van der Waals surface area (Å²) in [5.41, 5.74) is 0. The summed E-state index contributed by atoms with van der Waals surface area (Å²) in [6.07, 6.45) is 0. The van der Waals surface area contributed by atoms with Crippen molar-refractivity contribution in [1.29, 1.82) is 0 Å². The van der Waals surface area contributed by atoms with E-state index in [1.165, 1.54) is 0 Å². The number of rotatable bonds is 2. The molecule has 1 heterocycles. The minimum absolute atomic E-state index is 0.272. The molecule has 72 valence electrons. The van der Waals surface area contributed by atoms with Gasteiger partial charge in [-0.05, 0) is 20.9 Å². The molecule has 0 amide bonds. The van der Waals surface area contributed by atoms with Crippen LogP contribution in [-0.2, 0) is 0 Å². The van der Waals surface area contributed by atoms with E-state index in [-0.39, 0.29) is 6.61 Å². The van der Waals surface area contributed by atoms with Gasteiger partial charge in [0.1, 0.15) is 0 Å². The Labute approximate surface area is 75.0 Å². The van der Waals surface area contributed by atoms with Crippen molar-refractivity contribution in [3.63, 3.8) is 0 Å². The van der Waals surface area contributed by atoms with Crippen LogP contribution >= 0.6 is 0 Å². The van der Waals surface area contributed by atoms with Gasteiger partial charge in [-0.1, -0.05) is 0 Å². The molecule has 2 atom stereocenters. The standard InChI is InChI=1S/C9H20N2O/c1-8-6-10(3)4-5-11(8)9(2)7-12/h8-9,12H,4-7H2,1-3H3. The topological polar surface area (TPSA) is 26.7 Å². The third-order valence-electron chi connectivity index (χ3n) is 2.71. The zero-order valence-corrected chi connectivity index (χ0v) is 8.32. The predicted molar refractivity (Wildman–Crippen MR) is 50.2 cm³/mol. The molecule has 0 radical (unpaired) electrons. The summed E-state index contributed by atoms with van der Waals surface area (Å²) < 4.78 is 0. The maximum absolute atomic E-state index is 9.02. The average molecular weight is 172 g/mol. The Bertz CT molecular complexity index is 140. The van der Waals surface area contributed by atoms with Crippen molar-refractivity contribution >= 4 is 0 Å². The molecular formula is C9H20N2O. The van der Waals surface area contributed by atoms with E-state index < -0.39 is 0 Å². The summed E-state index contributed by atoms with van der Waals surface area (Å²) in [6, 6.07) is 0.889. The van der Waals surface area contributed by atoms with Crippen LogP contribution in [0.15, 0.2) is 0 Å². The van der Waals surface area contributed by atoms with Crippen molar-refractivity contribution < 1.29 is 5.11 Å². The number of piperazine rings is 1. The van der Waals surface area contributed by atoms with Crippen LogP contribution in [0.25, 0.3) is 0 Å². The van der Waals surface area contributed by atoms with Gasteiger partial charge >= 0.3 is 0 Å². The van der Waals surface area contributed by atoms with Crippen LogP contribution < -0.4 is 0 Å². The van der Waals surface area contributed by atoms with E-state index >= 15 is 0 Å². The number of aliphatic hydroxyl groups excluding tert-OH is 1. The molecule has 0 bridgehead atoms. The maximum Gasteiger partial charge on any atom is 0.0584 e. The Morgan fingerprint density at radius 2 is 2.17 bits per heavy atom. The summed E-state index contributed by atoms with van der Waals surface area (Å²) in [5, 5.41) is 9.02. The van der Waals surface area contributed by atoms with Gasteiger partial charge in [0.25, 0.3) is 0 Å². The summed E-state index contributed by atoms with van der Waals surface area (Å²) >= 11 is 0. The molecule has 0 aromatic heterocycles. The highest BCUT2D eigenvalue weighted by Crippen LogP contribution is 2.10. The second kappa shape index (κ2) is 4.21. The minimum Gasteiger partial charge on any atom is -0.395 e. The number of aliphatic hydroxyl groups is 1. The van der Waals surface area contributed by atoms with Crippen molar-refractivity contribution in [2.24, 2.45) is 0 Å². The fraction of sp³-hybridized carbons (Fsp3) is 1.00. The SMILES string of the molecule is CC(CO)N1CCN(C)CC1C. The van der Waals surface area contributed by atoms with Gasteiger partial charge in [0.2, 0.25) is 0 Å². The van der Waals surface area contributed by atoms with Crippen molar-refractivity contribution in [3.05, 3.63) is 0 Å². The van der Waals surface area contributed by atoms with Gasteiger partial charge in [-0.25, -0.2) is 0 Å². The van der Waals surface area contributed by atoms with E-state index in [9.17, 15) is 0 Å². The number of hydrogen-bond donors (Lipinski definition) is 1. The van der Waals surface area contributed by atoms with Crippen LogP contribution in [0.4, 0.5) is 0 Å². The monoisotopic (exact) mass is 172 g/mol. The molecule has 0 aromatic rings. The predicted octanol–water partition coefficient (Wildman–Crippen LogP) is 0.00310. The molecule has 0 aliphatic carbocycles. The number of hydrogen-bond acceptors (Lipinski definition) is 3. The van der Waals surface area contributed by atoms with E-state index in [4.69, 9.17) is 5.11 Å². The normalized spacial score (nSPS) is 30.5. The van der Waals surface area contributed by atoms with Gasteiger partial charge in [-0.2, -0.15) is 0 Å². The Balaban J connectivity index is 2.44. The lowest BCUT2D eigenvalue weighted by atomic mass is 10.1. The second-order valence-corrected chi connectivity index (χ2v) is 3.88. The highest BCUT2D eigenvalue weighted by molar-refractivity contribution is 4.80. The third kappa shape index (κ3) is 2.19. The highest BCUT2D eigenvalue weighted by atomic mass is 16.3. The number of likely N-dealkylation sites (N-methyl/N-ethyl adjacent to an activating group) is 1. The molecule has 1 N–H and O–H groups in total. The molecule has 0 saturated carbocycles.